The van der Waals surface area contributed by atoms with Crippen molar-refractivity contribution in [3.05, 3.63) is 41.2 Å². The number of nitrogens with one attached hydrogen (secondary N) is 1. The number of halogens is 1. The molecule has 106 valence electrons. The average Bonchev–Trinajstić information content (AvgIpc) is 2.42. The summed E-state index contributed by atoms with van der Waals surface area (Å²) in [5.41, 5.74) is 0.956. The Morgan fingerprint density at radius 2 is 1.75 bits per heavy atom. The lowest BCUT2D eigenvalue weighted by molar-refractivity contribution is 0.835. The maximum absolute atomic E-state index is 5.88. The predicted molar refractivity (Wildman–Crippen MR) is 85.1 cm³/mol. The number of anilines is 3. The number of nitrogens with zero attached hydrogens (tertiary/aromatic N) is 3. The van der Waals surface area contributed by atoms with Crippen molar-refractivity contribution in [2.24, 2.45) is 0 Å². The molecule has 0 unspecified atom stereocenters. The normalized spacial score (nSPS) is 10.4. The van der Waals surface area contributed by atoms with Gasteiger partial charge in [-0.1, -0.05) is 11.6 Å². The summed E-state index contributed by atoms with van der Waals surface area (Å²) < 4.78 is 0. The number of hydrogen-bond acceptors (Lipinski definition) is 4. The molecule has 1 aromatic heterocycles. The van der Waals surface area contributed by atoms with Gasteiger partial charge in [0.15, 0.2) is 0 Å². The van der Waals surface area contributed by atoms with Crippen LogP contribution in [0.4, 0.5) is 17.3 Å². The van der Waals surface area contributed by atoms with Crippen molar-refractivity contribution in [2.45, 2.75) is 20.8 Å². The minimum atomic E-state index is 0.721. The first-order chi connectivity index (χ1) is 9.62. The molecule has 0 atom stereocenters. The first-order valence-electron chi connectivity index (χ1n) is 6.75. The highest BCUT2D eigenvalue weighted by molar-refractivity contribution is 6.30. The molecule has 0 bridgehead atoms. The molecule has 0 spiro atoms. The van der Waals surface area contributed by atoms with Crippen molar-refractivity contribution in [1.29, 1.82) is 0 Å². The molecule has 0 aliphatic carbocycles. The third-order valence-electron chi connectivity index (χ3n) is 3.03. The second-order valence-electron chi connectivity index (χ2n) is 4.46. The van der Waals surface area contributed by atoms with E-state index >= 15 is 0 Å². The van der Waals surface area contributed by atoms with E-state index < -0.39 is 0 Å². The first-order valence-corrected chi connectivity index (χ1v) is 7.13. The maximum atomic E-state index is 5.88. The standard InChI is InChI=1S/C15H19ClN4/c1-4-20(5-2)15-10-14(17-11(3)18-15)19-13-8-6-12(16)7-9-13/h6-10H,4-5H2,1-3H3,(H,17,18,19). The molecule has 0 aliphatic heterocycles. The van der Waals surface area contributed by atoms with Gasteiger partial charge in [-0.05, 0) is 45.0 Å². The summed E-state index contributed by atoms with van der Waals surface area (Å²) in [5, 5.41) is 4.00. The molecule has 0 radical (unpaired) electrons. The van der Waals surface area contributed by atoms with E-state index in [4.69, 9.17) is 11.6 Å². The maximum Gasteiger partial charge on any atom is 0.136 e. The quantitative estimate of drug-likeness (QED) is 0.903. The summed E-state index contributed by atoms with van der Waals surface area (Å²) in [7, 11) is 0. The van der Waals surface area contributed by atoms with Crippen molar-refractivity contribution >= 4 is 28.9 Å². The van der Waals surface area contributed by atoms with Crippen LogP contribution in [0.2, 0.25) is 5.02 Å². The summed E-state index contributed by atoms with van der Waals surface area (Å²) in [5.74, 6) is 2.49. The van der Waals surface area contributed by atoms with Gasteiger partial charge in [0.2, 0.25) is 0 Å². The number of hydrogen-bond donors (Lipinski definition) is 1. The van der Waals surface area contributed by atoms with Gasteiger partial charge >= 0.3 is 0 Å². The molecule has 4 nitrogen and oxygen atoms in total. The monoisotopic (exact) mass is 290 g/mol. The van der Waals surface area contributed by atoms with Crippen LogP contribution in [0.5, 0.6) is 0 Å². The van der Waals surface area contributed by atoms with Gasteiger partial charge in [0.25, 0.3) is 0 Å². The highest BCUT2D eigenvalue weighted by Crippen LogP contribution is 2.21. The van der Waals surface area contributed by atoms with E-state index in [2.05, 4.69) is 34.0 Å². The van der Waals surface area contributed by atoms with Gasteiger partial charge in [0, 0.05) is 29.9 Å². The molecular weight excluding hydrogens is 272 g/mol. The zero-order valence-corrected chi connectivity index (χ0v) is 12.8. The van der Waals surface area contributed by atoms with Crippen LogP contribution < -0.4 is 10.2 Å². The first kappa shape index (κ1) is 14.6. The van der Waals surface area contributed by atoms with Crippen LogP contribution in [-0.4, -0.2) is 23.1 Å². The Bertz CT molecular complexity index is 565. The molecule has 20 heavy (non-hydrogen) atoms. The van der Waals surface area contributed by atoms with Gasteiger partial charge in [-0.3, -0.25) is 0 Å². The number of benzene rings is 1. The van der Waals surface area contributed by atoms with E-state index in [1.807, 2.05) is 37.3 Å². The molecule has 0 aliphatic rings. The average molecular weight is 291 g/mol. The number of rotatable bonds is 5. The van der Waals surface area contributed by atoms with Gasteiger partial charge in [-0.15, -0.1) is 0 Å². The third-order valence-corrected chi connectivity index (χ3v) is 3.28. The largest absolute Gasteiger partial charge is 0.357 e. The van der Waals surface area contributed by atoms with Crippen molar-refractivity contribution in [3.8, 4) is 0 Å². The minimum Gasteiger partial charge on any atom is -0.357 e. The molecule has 1 aromatic carbocycles. The molecule has 2 aromatic rings. The smallest absolute Gasteiger partial charge is 0.136 e. The third kappa shape index (κ3) is 3.61. The fourth-order valence-electron chi connectivity index (χ4n) is 2.01. The van der Waals surface area contributed by atoms with E-state index in [-0.39, 0.29) is 0 Å². The van der Waals surface area contributed by atoms with Gasteiger partial charge in [-0.25, -0.2) is 9.97 Å². The number of aryl methyl sites for hydroxylation is 1. The van der Waals surface area contributed by atoms with Gasteiger partial charge in [0.1, 0.15) is 17.5 Å². The summed E-state index contributed by atoms with van der Waals surface area (Å²) in [6.45, 7) is 7.99. The van der Waals surface area contributed by atoms with Gasteiger partial charge in [-0.2, -0.15) is 0 Å². The molecule has 0 amide bonds. The molecule has 1 heterocycles. The van der Waals surface area contributed by atoms with Crippen molar-refractivity contribution in [1.82, 2.24) is 9.97 Å². The Morgan fingerprint density at radius 3 is 2.35 bits per heavy atom. The second kappa shape index (κ2) is 6.57. The van der Waals surface area contributed by atoms with E-state index in [1.165, 1.54) is 0 Å². The Balaban J connectivity index is 2.25. The fourth-order valence-corrected chi connectivity index (χ4v) is 2.13. The fraction of sp³-hybridized carbons (Fsp3) is 0.333. The zero-order valence-electron chi connectivity index (χ0n) is 12.0. The summed E-state index contributed by atoms with van der Waals surface area (Å²) >= 11 is 5.88. The van der Waals surface area contributed by atoms with Crippen LogP contribution in [0.25, 0.3) is 0 Å². The van der Waals surface area contributed by atoms with E-state index in [9.17, 15) is 0 Å². The molecule has 0 saturated heterocycles. The lowest BCUT2D eigenvalue weighted by Crippen LogP contribution is -2.23. The topological polar surface area (TPSA) is 41.0 Å². The molecule has 5 heteroatoms. The van der Waals surface area contributed by atoms with Crippen molar-refractivity contribution in [2.75, 3.05) is 23.3 Å². The van der Waals surface area contributed by atoms with Crippen LogP contribution in [0.1, 0.15) is 19.7 Å². The molecular formula is C15H19ClN4. The van der Waals surface area contributed by atoms with Crippen LogP contribution in [0, 0.1) is 6.92 Å². The highest BCUT2D eigenvalue weighted by atomic mass is 35.5. The predicted octanol–water partition coefficient (Wildman–Crippen LogP) is 4.03. The highest BCUT2D eigenvalue weighted by Gasteiger charge is 2.07. The molecule has 0 fully saturated rings. The van der Waals surface area contributed by atoms with Gasteiger partial charge in [0.05, 0.1) is 0 Å². The second-order valence-corrected chi connectivity index (χ2v) is 4.90. The summed E-state index contributed by atoms with van der Waals surface area (Å²) in [4.78, 5) is 11.1. The molecule has 1 N–H and O–H groups in total. The van der Waals surface area contributed by atoms with E-state index in [0.717, 1.165) is 41.3 Å². The van der Waals surface area contributed by atoms with Crippen molar-refractivity contribution in [3.63, 3.8) is 0 Å². The summed E-state index contributed by atoms with van der Waals surface area (Å²) in [6, 6.07) is 9.52. The summed E-state index contributed by atoms with van der Waals surface area (Å²) in [6.07, 6.45) is 0. The minimum absolute atomic E-state index is 0.721. The Kier molecular flexibility index (Phi) is 4.79. The lowest BCUT2D eigenvalue weighted by atomic mass is 10.3. The van der Waals surface area contributed by atoms with Gasteiger partial charge < -0.3 is 10.2 Å². The van der Waals surface area contributed by atoms with Crippen LogP contribution in [0.15, 0.2) is 30.3 Å². The van der Waals surface area contributed by atoms with Crippen LogP contribution in [-0.2, 0) is 0 Å². The molecule has 0 saturated carbocycles. The Hall–Kier alpha value is -1.81. The van der Waals surface area contributed by atoms with Crippen LogP contribution >= 0.6 is 11.6 Å². The van der Waals surface area contributed by atoms with Crippen LogP contribution in [0.3, 0.4) is 0 Å². The molecule has 2 rings (SSSR count). The lowest BCUT2D eigenvalue weighted by Gasteiger charge is -2.20. The van der Waals surface area contributed by atoms with E-state index in [1.54, 1.807) is 0 Å². The SMILES string of the molecule is CCN(CC)c1cc(Nc2ccc(Cl)cc2)nc(C)n1. The Morgan fingerprint density at radius 1 is 1.10 bits per heavy atom. The van der Waals surface area contributed by atoms with Crippen molar-refractivity contribution < 1.29 is 0 Å². The van der Waals surface area contributed by atoms with E-state index in [0.29, 0.717) is 0 Å². The Labute approximate surface area is 124 Å². The number of aromatic nitrogens is 2. The zero-order chi connectivity index (χ0) is 14.5.